The van der Waals surface area contributed by atoms with Crippen LogP contribution in [-0.2, 0) is 17.0 Å². The molecule has 28 heavy (non-hydrogen) atoms. The van der Waals surface area contributed by atoms with Gasteiger partial charge < -0.3 is 14.2 Å². The summed E-state index contributed by atoms with van der Waals surface area (Å²) in [6.45, 7) is 1.61. The Bertz CT molecular complexity index is 906. The molecule has 1 aliphatic rings. The fraction of sp³-hybridized carbons (Fsp3) is 0.400. The van der Waals surface area contributed by atoms with Gasteiger partial charge in [0.1, 0.15) is 11.5 Å². The number of thiophene rings is 1. The van der Waals surface area contributed by atoms with E-state index in [2.05, 4.69) is 26.2 Å². The number of hydrogen-bond donors (Lipinski definition) is 0. The number of hydrogen-bond acceptors (Lipinski definition) is 7. The smallest absolute Gasteiger partial charge is 0.191 e. The van der Waals surface area contributed by atoms with E-state index in [0.717, 1.165) is 58.9 Å². The zero-order valence-corrected chi connectivity index (χ0v) is 17.6. The maximum absolute atomic E-state index is 5.86. The van der Waals surface area contributed by atoms with Gasteiger partial charge in [-0.1, -0.05) is 17.8 Å². The fourth-order valence-corrected chi connectivity index (χ4v) is 4.92. The predicted molar refractivity (Wildman–Crippen MR) is 111 cm³/mol. The zero-order chi connectivity index (χ0) is 19.3. The highest BCUT2D eigenvalue weighted by atomic mass is 32.2. The topological polar surface area (TPSA) is 58.4 Å². The standard InChI is InChI=1S/C20H23N3O3S2/c1-24-15-7-8-17(25-2)14(11-15)13-28-20-22-21-19(18-6-4-10-27-18)23(20)12-16-5-3-9-26-16/h4,6-8,10-11,16H,3,5,9,12-13H2,1-2H3. The minimum absolute atomic E-state index is 0.223. The number of thioether (sulfide) groups is 1. The Kier molecular flexibility index (Phi) is 6.19. The lowest BCUT2D eigenvalue weighted by Gasteiger charge is -2.15. The van der Waals surface area contributed by atoms with Crippen LogP contribution < -0.4 is 9.47 Å². The first kappa shape index (κ1) is 19.3. The molecule has 0 bridgehead atoms. The molecule has 1 unspecified atom stereocenters. The predicted octanol–water partition coefficient (Wildman–Crippen LogP) is 4.50. The van der Waals surface area contributed by atoms with E-state index in [1.54, 1.807) is 37.3 Å². The van der Waals surface area contributed by atoms with Crippen LogP contribution in [0.15, 0.2) is 40.9 Å². The van der Waals surface area contributed by atoms with Gasteiger partial charge in [-0.2, -0.15) is 0 Å². The van der Waals surface area contributed by atoms with Crippen LogP contribution in [0.5, 0.6) is 11.5 Å². The molecule has 8 heteroatoms. The van der Waals surface area contributed by atoms with Crippen molar-refractivity contribution in [1.29, 1.82) is 0 Å². The van der Waals surface area contributed by atoms with E-state index in [4.69, 9.17) is 14.2 Å². The van der Waals surface area contributed by atoms with Crippen molar-refractivity contribution >= 4 is 23.1 Å². The molecule has 0 amide bonds. The van der Waals surface area contributed by atoms with Gasteiger partial charge in [0.15, 0.2) is 11.0 Å². The number of aromatic nitrogens is 3. The Morgan fingerprint density at radius 3 is 2.89 bits per heavy atom. The van der Waals surface area contributed by atoms with E-state index in [1.165, 1.54) is 0 Å². The van der Waals surface area contributed by atoms with E-state index in [9.17, 15) is 0 Å². The molecule has 1 aliphatic heterocycles. The second-order valence-corrected chi connectivity index (χ2v) is 8.39. The van der Waals surface area contributed by atoms with E-state index in [0.29, 0.717) is 5.75 Å². The van der Waals surface area contributed by atoms with Crippen LogP contribution in [0.2, 0.25) is 0 Å². The molecule has 0 saturated carbocycles. The molecule has 0 aliphatic carbocycles. The molecule has 1 fully saturated rings. The van der Waals surface area contributed by atoms with Crippen LogP contribution in [0.1, 0.15) is 18.4 Å². The zero-order valence-electron chi connectivity index (χ0n) is 16.0. The van der Waals surface area contributed by atoms with Crippen molar-refractivity contribution in [3.8, 4) is 22.2 Å². The summed E-state index contributed by atoms with van der Waals surface area (Å²) in [5.74, 6) is 3.29. The monoisotopic (exact) mass is 417 g/mol. The van der Waals surface area contributed by atoms with Crippen LogP contribution in [-0.4, -0.2) is 41.7 Å². The summed E-state index contributed by atoms with van der Waals surface area (Å²) in [6, 6.07) is 9.97. The fourth-order valence-electron chi connectivity index (χ4n) is 3.28. The molecular weight excluding hydrogens is 394 g/mol. The first-order valence-electron chi connectivity index (χ1n) is 9.21. The highest BCUT2D eigenvalue weighted by molar-refractivity contribution is 7.98. The van der Waals surface area contributed by atoms with Crippen LogP contribution in [0.25, 0.3) is 10.7 Å². The molecule has 148 valence electrons. The minimum atomic E-state index is 0.223. The van der Waals surface area contributed by atoms with E-state index >= 15 is 0 Å². The van der Waals surface area contributed by atoms with Gasteiger partial charge in [-0.25, -0.2) is 0 Å². The largest absolute Gasteiger partial charge is 0.497 e. The van der Waals surface area contributed by atoms with E-state index in [1.807, 2.05) is 24.3 Å². The second kappa shape index (κ2) is 8.98. The summed E-state index contributed by atoms with van der Waals surface area (Å²) >= 11 is 3.33. The third kappa shape index (κ3) is 4.19. The molecule has 0 N–H and O–H groups in total. The third-order valence-corrected chi connectivity index (χ3v) is 6.59. The molecule has 1 atom stereocenters. The normalized spacial score (nSPS) is 16.4. The van der Waals surface area contributed by atoms with E-state index < -0.39 is 0 Å². The van der Waals surface area contributed by atoms with Crippen molar-refractivity contribution in [2.45, 2.75) is 36.4 Å². The number of nitrogens with zero attached hydrogens (tertiary/aromatic N) is 3. The molecule has 3 heterocycles. The lowest BCUT2D eigenvalue weighted by Crippen LogP contribution is -2.16. The lowest BCUT2D eigenvalue weighted by atomic mass is 10.2. The summed E-state index contributed by atoms with van der Waals surface area (Å²) in [4.78, 5) is 1.12. The Labute approximate surface area is 172 Å². The van der Waals surface area contributed by atoms with Crippen molar-refractivity contribution in [3.05, 3.63) is 41.3 Å². The molecule has 6 nitrogen and oxygen atoms in total. The molecule has 0 radical (unpaired) electrons. The Balaban J connectivity index is 1.59. The van der Waals surface area contributed by atoms with Gasteiger partial charge in [-0.05, 0) is 42.5 Å². The van der Waals surface area contributed by atoms with Gasteiger partial charge in [-0.15, -0.1) is 21.5 Å². The maximum Gasteiger partial charge on any atom is 0.191 e. The van der Waals surface area contributed by atoms with E-state index in [-0.39, 0.29) is 6.10 Å². The summed E-state index contributed by atoms with van der Waals surface area (Å²) in [5, 5.41) is 11.9. The molecule has 4 rings (SSSR count). The summed E-state index contributed by atoms with van der Waals surface area (Å²) in [5.41, 5.74) is 1.07. The quantitative estimate of drug-likeness (QED) is 0.503. The van der Waals surface area contributed by atoms with Crippen molar-refractivity contribution in [2.24, 2.45) is 0 Å². The number of ether oxygens (including phenoxy) is 3. The van der Waals surface area contributed by atoms with Gasteiger partial charge in [0, 0.05) is 17.9 Å². The van der Waals surface area contributed by atoms with Crippen molar-refractivity contribution in [2.75, 3.05) is 20.8 Å². The Morgan fingerprint density at radius 1 is 1.25 bits per heavy atom. The highest BCUT2D eigenvalue weighted by Crippen LogP contribution is 2.33. The summed E-state index contributed by atoms with van der Waals surface area (Å²) in [7, 11) is 3.36. The second-order valence-electron chi connectivity index (χ2n) is 6.50. The van der Waals surface area contributed by atoms with Gasteiger partial charge in [-0.3, -0.25) is 4.57 Å². The van der Waals surface area contributed by atoms with Crippen molar-refractivity contribution < 1.29 is 14.2 Å². The highest BCUT2D eigenvalue weighted by Gasteiger charge is 2.22. The van der Waals surface area contributed by atoms with Crippen molar-refractivity contribution in [3.63, 3.8) is 0 Å². The van der Waals surface area contributed by atoms with Crippen LogP contribution >= 0.6 is 23.1 Å². The molecule has 0 spiro atoms. The Morgan fingerprint density at radius 2 is 2.18 bits per heavy atom. The van der Waals surface area contributed by atoms with Gasteiger partial charge in [0.2, 0.25) is 0 Å². The molecule has 2 aromatic heterocycles. The molecular formula is C20H23N3O3S2. The average Bonchev–Trinajstić information content (AvgIpc) is 3.49. The van der Waals surface area contributed by atoms with Gasteiger partial charge in [0.05, 0.1) is 31.7 Å². The minimum Gasteiger partial charge on any atom is -0.497 e. The summed E-state index contributed by atoms with van der Waals surface area (Å²) < 4.78 is 18.9. The van der Waals surface area contributed by atoms with Crippen LogP contribution in [0.3, 0.4) is 0 Å². The maximum atomic E-state index is 5.86. The summed E-state index contributed by atoms with van der Waals surface area (Å²) in [6.07, 6.45) is 2.42. The lowest BCUT2D eigenvalue weighted by molar-refractivity contribution is 0.0953. The van der Waals surface area contributed by atoms with Gasteiger partial charge >= 0.3 is 0 Å². The Hall–Kier alpha value is -2.03. The third-order valence-electron chi connectivity index (χ3n) is 4.71. The average molecular weight is 418 g/mol. The van der Waals surface area contributed by atoms with Crippen LogP contribution in [0.4, 0.5) is 0 Å². The van der Waals surface area contributed by atoms with Crippen LogP contribution in [0, 0.1) is 0 Å². The SMILES string of the molecule is COc1ccc(OC)c(CSc2nnc(-c3cccs3)n2CC2CCCO2)c1. The van der Waals surface area contributed by atoms with Crippen molar-refractivity contribution in [1.82, 2.24) is 14.8 Å². The first-order valence-corrected chi connectivity index (χ1v) is 11.1. The molecule has 1 aromatic carbocycles. The first-order chi connectivity index (χ1) is 13.8. The molecule has 3 aromatic rings. The number of methoxy groups -OCH3 is 2. The number of rotatable bonds is 8. The molecule has 1 saturated heterocycles. The number of benzene rings is 1. The van der Waals surface area contributed by atoms with Gasteiger partial charge in [0.25, 0.3) is 0 Å².